The lowest BCUT2D eigenvalue weighted by Crippen LogP contribution is -2.33. The molecule has 2 aromatic carbocycles. The van der Waals surface area contributed by atoms with Gasteiger partial charge in [-0.2, -0.15) is 0 Å². The molecule has 0 bridgehead atoms. The summed E-state index contributed by atoms with van der Waals surface area (Å²) in [5, 5.41) is 21.6. The van der Waals surface area contributed by atoms with Crippen molar-refractivity contribution < 1.29 is 34.0 Å². The molecule has 2 heterocycles. The molecule has 2 aliphatic heterocycles. The Hall–Kier alpha value is -3.52. The first kappa shape index (κ1) is 23.6. The van der Waals surface area contributed by atoms with Crippen molar-refractivity contribution in [1.82, 2.24) is 4.90 Å². The van der Waals surface area contributed by atoms with E-state index in [9.17, 15) is 19.8 Å². The monoisotopic (exact) mass is 467 g/mol. The SMILES string of the molecule is COc1ccc(C2/C(=C(/O)c3ccc4c(c3)CCCO4)C(=O)C(=O)N2CCOC(C)C)cc1O. The van der Waals surface area contributed by atoms with Crippen LogP contribution in [0.1, 0.15) is 43.0 Å². The van der Waals surface area contributed by atoms with Gasteiger partial charge in [-0.05, 0) is 68.1 Å². The number of hydrogen-bond acceptors (Lipinski definition) is 7. The molecule has 8 nitrogen and oxygen atoms in total. The number of ether oxygens (including phenoxy) is 3. The van der Waals surface area contributed by atoms with Crippen LogP contribution in [0.2, 0.25) is 0 Å². The topological polar surface area (TPSA) is 106 Å². The van der Waals surface area contributed by atoms with E-state index < -0.39 is 17.7 Å². The smallest absolute Gasteiger partial charge is 0.295 e. The summed E-state index contributed by atoms with van der Waals surface area (Å²) in [6, 6.07) is 9.02. The summed E-state index contributed by atoms with van der Waals surface area (Å²) in [6.45, 7) is 4.78. The van der Waals surface area contributed by atoms with E-state index in [1.807, 2.05) is 13.8 Å². The predicted molar refractivity (Wildman–Crippen MR) is 125 cm³/mol. The molecule has 1 amide bonds. The van der Waals surface area contributed by atoms with Gasteiger partial charge in [0.25, 0.3) is 11.7 Å². The highest BCUT2D eigenvalue weighted by atomic mass is 16.5. The molecule has 0 radical (unpaired) electrons. The van der Waals surface area contributed by atoms with Crippen LogP contribution < -0.4 is 9.47 Å². The van der Waals surface area contributed by atoms with Crippen LogP contribution in [-0.2, 0) is 20.7 Å². The Morgan fingerprint density at radius 3 is 2.71 bits per heavy atom. The maximum atomic E-state index is 13.1. The summed E-state index contributed by atoms with van der Waals surface area (Å²) in [6.07, 6.45) is 1.62. The van der Waals surface area contributed by atoms with E-state index in [1.165, 1.54) is 18.1 Å². The van der Waals surface area contributed by atoms with Gasteiger partial charge in [0, 0.05) is 12.1 Å². The molecule has 4 rings (SSSR count). The minimum atomic E-state index is -0.889. The third kappa shape index (κ3) is 4.46. The molecule has 1 fully saturated rings. The predicted octanol–water partition coefficient (Wildman–Crippen LogP) is 3.57. The molecule has 180 valence electrons. The van der Waals surface area contributed by atoms with Crippen molar-refractivity contribution in [3.05, 3.63) is 58.7 Å². The van der Waals surface area contributed by atoms with Crippen LogP contribution in [0, 0.1) is 0 Å². The summed E-state index contributed by atoms with van der Waals surface area (Å²) < 4.78 is 16.4. The number of aryl methyl sites for hydroxylation is 1. The molecular formula is C26H29NO7. The second-order valence-electron chi connectivity index (χ2n) is 8.62. The fourth-order valence-corrected chi connectivity index (χ4v) is 4.38. The van der Waals surface area contributed by atoms with E-state index >= 15 is 0 Å². The average Bonchev–Trinajstić information content (AvgIpc) is 3.08. The summed E-state index contributed by atoms with van der Waals surface area (Å²) >= 11 is 0. The highest BCUT2D eigenvalue weighted by molar-refractivity contribution is 6.46. The fourth-order valence-electron chi connectivity index (χ4n) is 4.38. The van der Waals surface area contributed by atoms with Crippen molar-refractivity contribution in [2.75, 3.05) is 26.9 Å². The largest absolute Gasteiger partial charge is 0.507 e. The van der Waals surface area contributed by atoms with Crippen molar-refractivity contribution in [3.8, 4) is 17.2 Å². The summed E-state index contributed by atoms with van der Waals surface area (Å²) in [7, 11) is 1.43. The fraction of sp³-hybridized carbons (Fsp3) is 0.385. The summed E-state index contributed by atoms with van der Waals surface area (Å²) in [5.41, 5.74) is 1.82. The molecule has 2 N–H and O–H groups in total. The highest BCUT2D eigenvalue weighted by Gasteiger charge is 2.46. The number of phenolic OH excluding ortho intramolecular Hbond substituents is 1. The van der Waals surface area contributed by atoms with Gasteiger partial charge in [0.1, 0.15) is 11.5 Å². The van der Waals surface area contributed by atoms with E-state index in [0.29, 0.717) is 17.7 Å². The summed E-state index contributed by atoms with van der Waals surface area (Å²) in [5.74, 6) is -0.884. The van der Waals surface area contributed by atoms with Gasteiger partial charge < -0.3 is 29.3 Å². The second-order valence-corrected chi connectivity index (χ2v) is 8.62. The molecule has 2 aliphatic rings. The Kier molecular flexibility index (Phi) is 6.79. The number of phenols is 1. The minimum absolute atomic E-state index is 0.0317. The molecule has 0 aromatic heterocycles. The number of methoxy groups -OCH3 is 1. The zero-order valence-electron chi connectivity index (χ0n) is 19.5. The minimum Gasteiger partial charge on any atom is -0.507 e. The molecule has 0 spiro atoms. The zero-order chi connectivity index (χ0) is 24.4. The van der Waals surface area contributed by atoms with Gasteiger partial charge in [0.05, 0.1) is 38.0 Å². The van der Waals surface area contributed by atoms with E-state index in [1.54, 1.807) is 30.3 Å². The number of amides is 1. The number of Topliss-reactive ketones (excluding diaryl/α,β-unsaturated/α-hetero) is 1. The number of aliphatic hydroxyl groups is 1. The number of aliphatic hydroxyl groups excluding tert-OH is 1. The van der Waals surface area contributed by atoms with Crippen LogP contribution in [0.4, 0.5) is 0 Å². The van der Waals surface area contributed by atoms with Crippen molar-refractivity contribution in [1.29, 1.82) is 0 Å². The van der Waals surface area contributed by atoms with E-state index in [-0.39, 0.29) is 42.1 Å². The first-order valence-electron chi connectivity index (χ1n) is 11.3. The lowest BCUT2D eigenvalue weighted by molar-refractivity contribution is -0.140. The van der Waals surface area contributed by atoms with Crippen molar-refractivity contribution in [2.45, 2.75) is 38.8 Å². The Labute approximate surface area is 198 Å². The van der Waals surface area contributed by atoms with Gasteiger partial charge in [-0.15, -0.1) is 0 Å². The lowest BCUT2D eigenvalue weighted by atomic mass is 9.93. The number of hydrogen-bond donors (Lipinski definition) is 2. The number of likely N-dealkylation sites (tertiary alicyclic amines) is 1. The Morgan fingerprint density at radius 2 is 2.00 bits per heavy atom. The molecule has 2 aromatic rings. The van der Waals surface area contributed by atoms with Gasteiger partial charge in [0.2, 0.25) is 0 Å². The van der Waals surface area contributed by atoms with Crippen molar-refractivity contribution in [3.63, 3.8) is 0 Å². The third-order valence-electron chi connectivity index (χ3n) is 6.02. The number of nitrogens with zero attached hydrogens (tertiary/aromatic N) is 1. The van der Waals surface area contributed by atoms with Gasteiger partial charge in [-0.25, -0.2) is 0 Å². The molecule has 0 saturated carbocycles. The molecule has 34 heavy (non-hydrogen) atoms. The number of aromatic hydroxyl groups is 1. The second kappa shape index (κ2) is 9.77. The lowest BCUT2D eigenvalue weighted by Gasteiger charge is -2.26. The van der Waals surface area contributed by atoms with Crippen molar-refractivity contribution >= 4 is 17.4 Å². The summed E-state index contributed by atoms with van der Waals surface area (Å²) in [4.78, 5) is 27.5. The number of rotatable bonds is 7. The number of fused-ring (bicyclic) bond motifs is 1. The number of benzene rings is 2. The van der Waals surface area contributed by atoms with Crippen LogP contribution in [0.5, 0.6) is 17.2 Å². The molecule has 1 atom stereocenters. The molecule has 0 aliphatic carbocycles. The first-order chi connectivity index (χ1) is 16.3. The highest BCUT2D eigenvalue weighted by Crippen LogP contribution is 2.42. The van der Waals surface area contributed by atoms with Gasteiger partial charge >= 0.3 is 0 Å². The maximum absolute atomic E-state index is 13.1. The van der Waals surface area contributed by atoms with E-state index in [4.69, 9.17) is 14.2 Å². The van der Waals surface area contributed by atoms with E-state index in [0.717, 1.165) is 24.2 Å². The molecule has 1 saturated heterocycles. The van der Waals surface area contributed by atoms with Crippen LogP contribution in [0.25, 0.3) is 5.76 Å². The third-order valence-corrected chi connectivity index (χ3v) is 6.02. The molecule has 8 heteroatoms. The van der Waals surface area contributed by atoms with Gasteiger partial charge in [0.15, 0.2) is 11.5 Å². The van der Waals surface area contributed by atoms with Gasteiger partial charge in [-0.3, -0.25) is 9.59 Å². The number of carbonyl (C=O) groups excluding carboxylic acids is 2. The standard InChI is InChI=1S/C26H29NO7/c1-15(2)33-12-10-27-23(17-6-9-21(32-3)19(28)14-17)22(25(30)26(27)31)24(29)18-7-8-20-16(13-18)5-4-11-34-20/h6-9,13-15,23,28-29H,4-5,10-12H2,1-3H3/b24-22-. The van der Waals surface area contributed by atoms with Crippen LogP contribution in [-0.4, -0.2) is 59.8 Å². The molecular weight excluding hydrogens is 438 g/mol. The number of carbonyl (C=O) groups is 2. The molecule has 1 unspecified atom stereocenters. The van der Waals surface area contributed by atoms with E-state index in [2.05, 4.69) is 0 Å². The van der Waals surface area contributed by atoms with Crippen LogP contribution in [0.15, 0.2) is 42.0 Å². The average molecular weight is 468 g/mol. The Balaban J connectivity index is 1.80. The number of ketones is 1. The maximum Gasteiger partial charge on any atom is 0.295 e. The quantitative estimate of drug-likeness (QED) is 0.364. The zero-order valence-corrected chi connectivity index (χ0v) is 19.5. The Bertz CT molecular complexity index is 1140. The van der Waals surface area contributed by atoms with Crippen molar-refractivity contribution in [2.24, 2.45) is 0 Å². The normalized spacial score (nSPS) is 19.3. The van der Waals surface area contributed by atoms with Crippen LogP contribution in [0.3, 0.4) is 0 Å². The Morgan fingerprint density at radius 1 is 1.21 bits per heavy atom. The van der Waals surface area contributed by atoms with Gasteiger partial charge in [-0.1, -0.05) is 6.07 Å². The van der Waals surface area contributed by atoms with Crippen LogP contribution >= 0.6 is 0 Å². The first-order valence-corrected chi connectivity index (χ1v) is 11.3.